The molecule has 190 valence electrons. The summed E-state index contributed by atoms with van der Waals surface area (Å²) in [6, 6.07) is 20.6. The number of carbonyl (C=O) groups is 2. The van der Waals surface area contributed by atoms with E-state index in [0.29, 0.717) is 38.2 Å². The summed E-state index contributed by atoms with van der Waals surface area (Å²) in [5.74, 6) is -0.317. The topological polar surface area (TPSA) is 55.8 Å². The molecule has 1 saturated heterocycles. The highest BCUT2D eigenvalue weighted by atomic mass is 35.5. The van der Waals surface area contributed by atoms with E-state index < -0.39 is 12.0 Å². The van der Waals surface area contributed by atoms with Crippen molar-refractivity contribution < 1.29 is 19.1 Å². The number of nitrogens with zero attached hydrogens (tertiary/aromatic N) is 1. The minimum absolute atomic E-state index is 0.223. The van der Waals surface area contributed by atoms with Crippen LogP contribution in [-0.4, -0.2) is 27.7 Å². The first-order chi connectivity index (χ1) is 17.9. The second-order valence-electron chi connectivity index (χ2n) is 8.09. The van der Waals surface area contributed by atoms with Crippen LogP contribution in [0, 0.1) is 0 Å². The highest BCUT2D eigenvalue weighted by molar-refractivity contribution is 8.26. The Morgan fingerprint density at radius 3 is 2.54 bits per heavy atom. The Morgan fingerprint density at radius 2 is 1.81 bits per heavy atom. The van der Waals surface area contributed by atoms with Gasteiger partial charge >= 0.3 is 5.97 Å². The highest BCUT2D eigenvalue weighted by Gasteiger charge is 2.42. The van der Waals surface area contributed by atoms with Crippen LogP contribution in [-0.2, 0) is 20.9 Å². The molecule has 0 aromatic heterocycles. The number of benzene rings is 3. The van der Waals surface area contributed by atoms with Crippen molar-refractivity contribution in [3.63, 3.8) is 0 Å². The third-order valence-corrected chi connectivity index (χ3v) is 7.39. The first-order valence-electron chi connectivity index (χ1n) is 11.5. The van der Waals surface area contributed by atoms with Crippen molar-refractivity contribution in [2.75, 3.05) is 6.61 Å². The van der Waals surface area contributed by atoms with Gasteiger partial charge in [-0.1, -0.05) is 109 Å². The monoisotopic (exact) mass is 571 g/mol. The van der Waals surface area contributed by atoms with Gasteiger partial charge in [-0.15, -0.1) is 0 Å². The first kappa shape index (κ1) is 27.2. The second-order valence-corrected chi connectivity index (χ2v) is 10.6. The number of thiocarbonyl (C=S) groups is 1. The van der Waals surface area contributed by atoms with E-state index >= 15 is 0 Å². The van der Waals surface area contributed by atoms with Crippen LogP contribution in [0.4, 0.5) is 0 Å². The lowest BCUT2D eigenvalue weighted by molar-refractivity contribution is -0.151. The maximum Gasteiger partial charge on any atom is 0.333 e. The molecule has 0 spiro atoms. The van der Waals surface area contributed by atoms with E-state index in [9.17, 15) is 9.59 Å². The van der Waals surface area contributed by atoms with E-state index in [1.165, 1.54) is 4.90 Å². The third-order valence-electron chi connectivity index (χ3n) is 5.47. The number of rotatable bonds is 9. The lowest BCUT2D eigenvalue weighted by atomic mass is 10.1. The van der Waals surface area contributed by atoms with Gasteiger partial charge in [-0.25, -0.2) is 4.79 Å². The predicted molar refractivity (Wildman–Crippen MR) is 153 cm³/mol. The smallest absolute Gasteiger partial charge is 0.333 e. The van der Waals surface area contributed by atoms with Crippen molar-refractivity contribution in [2.24, 2.45) is 0 Å². The zero-order chi connectivity index (χ0) is 26.4. The van der Waals surface area contributed by atoms with Crippen molar-refractivity contribution in [1.29, 1.82) is 0 Å². The molecule has 37 heavy (non-hydrogen) atoms. The molecule has 0 radical (unpaired) electrons. The molecule has 1 amide bonds. The van der Waals surface area contributed by atoms with Gasteiger partial charge in [0.1, 0.15) is 16.7 Å². The summed E-state index contributed by atoms with van der Waals surface area (Å²) < 4.78 is 11.7. The number of amides is 1. The Balaban J connectivity index is 1.60. The van der Waals surface area contributed by atoms with Crippen molar-refractivity contribution in [2.45, 2.75) is 26.0 Å². The maximum absolute atomic E-state index is 13.6. The van der Waals surface area contributed by atoms with E-state index in [2.05, 4.69) is 0 Å². The summed E-state index contributed by atoms with van der Waals surface area (Å²) in [4.78, 5) is 28.3. The first-order valence-corrected chi connectivity index (χ1v) is 13.5. The summed E-state index contributed by atoms with van der Waals surface area (Å²) in [7, 11) is 0. The molecule has 5 nitrogen and oxygen atoms in total. The van der Waals surface area contributed by atoms with E-state index in [1.807, 2.05) is 49.4 Å². The minimum Gasteiger partial charge on any atom is -0.488 e. The Labute approximate surface area is 235 Å². The summed E-state index contributed by atoms with van der Waals surface area (Å²) in [5.41, 5.74) is 2.10. The molecule has 3 aromatic carbocycles. The van der Waals surface area contributed by atoms with Gasteiger partial charge in [0.05, 0.1) is 11.5 Å². The fourth-order valence-corrected chi connectivity index (χ4v) is 5.44. The number of thioether (sulfide) groups is 1. The molecule has 0 aliphatic carbocycles. The predicted octanol–water partition coefficient (Wildman–Crippen LogP) is 7.47. The number of carbonyl (C=O) groups excluding carboxylic acids is 2. The van der Waals surface area contributed by atoms with Crippen LogP contribution >= 0.6 is 47.2 Å². The summed E-state index contributed by atoms with van der Waals surface area (Å²) in [5, 5.41) is 1.05. The Morgan fingerprint density at radius 1 is 1.08 bits per heavy atom. The molecule has 0 bridgehead atoms. The van der Waals surface area contributed by atoms with Crippen LogP contribution in [0.2, 0.25) is 10.0 Å². The molecule has 4 rings (SSSR count). The zero-order valence-electron chi connectivity index (χ0n) is 19.9. The number of ether oxygens (including phenoxy) is 2. The van der Waals surface area contributed by atoms with Gasteiger partial charge in [0.15, 0.2) is 6.04 Å². The lowest BCUT2D eigenvalue weighted by Crippen LogP contribution is -2.38. The van der Waals surface area contributed by atoms with Gasteiger partial charge in [0.25, 0.3) is 5.91 Å². The van der Waals surface area contributed by atoms with Crippen molar-refractivity contribution in [1.82, 2.24) is 4.90 Å². The molecule has 1 aliphatic rings. The molecule has 1 fully saturated rings. The lowest BCUT2D eigenvalue weighted by Gasteiger charge is -2.25. The highest BCUT2D eigenvalue weighted by Crippen LogP contribution is 2.39. The van der Waals surface area contributed by atoms with Crippen molar-refractivity contribution >= 4 is 69.5 Å². The molecular weight excluding hydrogens is 549 g/mol. The average Bonchev–Trinajstić information content (AvgIpc) is 3.16. The van der Waals surface area contributed by atoms with Gasteiger partial charge < -0.3 is 9.47 Å². The molecular formula is C28H23Cl2NO4S2. The minimum atomic E-state index is -0.968. The third kappa shape index (κ3) is 6.54. The normalized spacial score (nSPS) is 15.2. The van der Waals surface area contributed by atoms with Crippen molar-refractivity contribution in [3.05, 3.63) is 104 Å². The van der Waals surface area contributed by atoms with E-state index in [-0.39, 0.29) is 23.4 Å². The molecule has 0 saturated carbocycles. The Kier molecular flexibility index (Phi) is 9.27. The van der Waals surface area contributed by atoms with E-state index in [1.54, 1.807) is 36.4 Å². The van der Waals surface area contributed by atoms with Crippen LogP contribution < -0.4 is 4.74 Å². The largest absolute Gasteiger partial charge is 0.488 e. The fourth-order valence-electron chi connectivity index (χ4n) is 3.68. The average molecular weight is 573 g/mol. The van der Waals surface area contributed by atoms with Crippen LogP contribution in [0.3, 0.4) is 0 Å². The maximum atomic E-state index is 13.6. The van der Waals surface area contributed by atoms with Crippen LogP contribution in [0.5, 0.6) is 5.75 Å². The summed E-state index contributed by atoms with van der Waals surface area (Å²) >= 11 is 19.0. The van der Waals surface area contributed by atoms with Crippen molar-refractivity contribution in [3.8, 4) is 5.75 Å². The van der Waals surface area contributed by atoms with E-state index in [0.717, 1.165) is 17.3 Å². The van der Waals surface area contributed by atoms with Gasteiger partial charge in [0, 0.05) is 21.2 Å². The van der Waals surface area contributed by atoms with Crippen LogP contribution in [0.1, 0.15) is 36.1 Å². The molecule has 1 heterocycles. The number of hydrogen-bond acceptors (Lipinski definition) is 6. The Hall–Kier alpha value is -2.84. The number of hydrogen-bond donors (Lipinski definition) is 0. The molecule has 3 aromatic rings. The van der Waals surface area contributed by atoms with E-state index in [4.69, 9.17) is 44.9 Å². The number of para-hydroxylation sites is 1. The standard InChI is InChI=1S/C28H23Cl2NO4S2/c1-2-14-34-27(33)25(18-8-4-3-5-9-18)31-26(32)24(37-28(31)36)15-19-10-6-7-11-23(19)35-17-20-12-13-21(29)16-22(20)30/h3-13,15-16,25H,2,14,17H2,1H3/b24-15+. The second kappa shape index (κ2) is 12.6. The molecule has 1 aliphatic heterocycles. The fraction of sp³-hybridized carbons (Fsp3) is 0.179. The quantitative estimate of drug-likeness (QED) is 0.151. The molecule has 9 heteroatoms. The van der Waals surface area contributed by atoms with Gasteiger partial charge in [-0.05, 0) is 36.3 Å². The number of halogens is 2. The summed E-state index contributed by atoms with van der Waals surface area (Å²) in [6.07, 6.45) is 2.39. The van der Waals surface area contributed by atoms with Crippen LogP contribution in [0.25, 0.3) is 6.08 Å². The summed E-state index contributed by atoms with van der Waals surface area (Å²) in [6.45, 7) is 2.39. The SMILES string of the molecule is CCCOC(=O)C(c1ccccc1)N1C(=O)/C(=C\c2ccccc2OCc2ccc(Cl)cc2Cl)SC1=S. The van der Waals surface area contributed by atoms with Crippen LogP contribution in [0.15, 0.2) is 77.7 Å². The van der Waals surface area contributed by atoms with Gasteiger partial charge in [0.2, 0.25) is 0 Å². The Bertz CT molecular complexity index is 1350. The zero-order valence-corrected chi connectivity index (χ0v) is 23.0. The molecule has 1 atom stereocenters. The molecule has 1 unspecified atom stereocenters. The number of esters is 1. The van der Waals surface area contributed by atoms with Gasteiger partial charge in [-0.3, -0.25) is 9.69 Å². The van der Waals surface area contributed by atoms with Gasteiger partial charge in [-0.2, -0.15) is 0 Å². The molecule has 0 N–H and O–H groups in total.